The summed E-state index contributed by atoms with van der Waals surface area (Å²) in [6, 6.07) is 2.15. The fourth-order valence-electron chi connectivity index (χ4n) is 1.85. The molecule has 0 aliphatic carbocycles. The summed E-state index contributed by atoms with van der Waals surface area (Å²) in [7, 11) is 0. The highest BCUT2D eigenvalue weighted by Gasteiger charge is 2.23. The molecule has 3 nitrogen and oxygen atoms in total. The second-order valence-electron chi connectivity index (χ2n) is 4.11. The van der Waals surface area contributed by atoms with Crippen LogP contribution in [-0.4, -0.2) is 13.3 Å². The lowest BCUT2D eigenvalue weighted by molar-refractivity contribution is 0.172. The van der Waals surface area contributed by atoms with Crippen molar-refractivity contribution in [2.75, 3.05) is 13.3 Å². The van der Waals surface area contributed by atoms with Crippen LogP contribution in [0.15, 0.2) is 6.07 Å². The molecule has 2 N–H and O–H groups in total. The van der Waals surface area contributed by atoms with Crippen LogP contribution in [0.3, 0.4) is 0 Å². The Bertz CT molecular complexity index is 388. The molecule has 0 saturated carbocycles. The number of benzene rings is 1. The molecule has 15 heavy (non-hydrogen) atoms. The smallest absolute Gasteiger partial charge is 0.231 e. The molecule has 3 heteroatoms. The molecule has 1 aliphatic rings. The van der Waals surface area contributed by atoms with Crippen molar-refractivity contribution in [2.45, 2.75) is 26.7 Å². The lowest BCUT2D eigenvalue weighted by Gasteiger charge is -2.14. The molecule has 2 rings (SSSR count). The minimum atomic E-state index is 0.305. The summed E-state index contributed by atoms with van der Waals surface area (Å²) >= 11 is 0. The maximum atomic E-state index is 5.69. The van der Waals surface area contributed by atoms with Gasteiger partial charge in [-0.25, -0.2) is 0 Å². The van der Waals surface area contributed by atoms with Crippen molar-refractivity contribution in [2.24, 2.45) is 5.73 Å². The second-order valence-corrected chi connectivity index (χ2v) is 4.11. The molecule has 1 aliphatic heterocycles. The molecule has 82 valence electrons. The van der Waals surface area contributed by atoms with E-state index >= 15 is 0 Å². The highest BCUT2D eigenvalue weighted by atomic mass is 16.7. The van der Waals surface area contributed by atoms with Crippen molar-refractivity contribution in [3.8, 4) is 11.5 Å². The van der Waals surface area contributed by atoms with E-state index in [1.807, 2.05) is 0 Å². The molecule has 0 aromatic heterocycles. The Morgan fingerprint density at radius 2 is 2.00 bits per heavy atom. The summed E-state index contributed by atoms with van der Waals surface area (Å²) in [5.74, 6) is 2.08. The minimum absolute atomic E-state index is 0.305. The van der Waals surface area contributed by atoms with Gasteiger partial charge in [0.05, 0.1) is 0 Å². The van der Waals surface area contributed by atoms with Crippen LogP contribution in [0.5, 0.6) is 11.5 Å². The summed E-state index contributed by atoms with van der Waals surface area (Å²) < 4.78 is 11.0. The van der Waals surface area contributed by atoms with Gasteiger partial charge in [0.1, 0.15) is 0 Å². The first-order valence-electron chi connectivity index (χ1n) is 5.25. The van der Waals surface area contributed by atoms with E-state index in [4.69, 9.17) is 15.2 Å². The zero-order valence-electron chi connectivity index (χ0n) is 9.46. The van der Waals surface area contributed by atoms with E-state index in [2.05, 4.69) is 26.8 Å². The van der Waals surface area contributed by atoms with Gasteiger partial charge in [0.15, 0.2) is 11.5 Å². The predicted molar refractivity (Wildman–Crippen MR) is 59.5 cm³/mol. The first kappa shape index (κ1) is 10.3. The van der Waals surface area contributed by atoms with Gasteiger partial charge in [-0.1, -0.05) is 13.0 Å². The van der Waals surface area contributed by atoms with Gasteiger partial charge in [0.25, 0.3) is 0 Å². The molecule has 0 fully saturated rings. The van der Waals surface area contributed by atoms with Crippen molar-refractivity contribution in [3.05, 3.63) is 22.8 Å². The summed E-state index contributed by atoms with van der Waals surface area (Å²) in [5.41, 5.74) is 9.24. The second kappa shape index (κ2) is 3.74. The molecular weight excluding hydrogens is 190 g/mol. The van der Waals surface area contributed by atoms with E-state index in [0.717, 1.165) is 22.6 Å². The van der Waals surface area contributed by atoms with Crippen molar-refractivity contribution < 1.29 is 9.47 Å². The van der Waals surface area contributed by atoms with Crippen LogP contribution < -0.4 is 15.2 Å². The van der Waals surface area contributed by atoms with Gasteiger partial charge in [-0.05, 0) is 37.4 Å². The van der Waals surface area contributed by atoms with Gasteiger partial charge in [0, 0.05) is 5.56 Å². The van der Waals surface area contributed by atoms with Crippen LogP contribution in [0, 0.1) is 13.8 Å². The molecule has 0 radical (unpaired) electrons. The van der Waals surface area contributed by atoms with Gasteiger partial charge < -0.3 is 15.2 Å². The molecule has 1 heterocycles. The number of nitrogens with two attached hydrogens (primary N) is 1. The maximum Gasteiger partial charge on any atom is 0.231 e. The van der Waals surface area contributed by atoms with Gasteiger partial charge in [0.2, 0.25) is 6.79 Å². The van der Waals surface area contributed by atoms with Crippen LogP contribution in [-0.2, 0) is 0 Å². The number of ether oxygens (including phenoxy) is 2. The Morgan fingerprint density at radius 3 is 2.67 bits per heavy atom. The zero-order chi connectivity index (χ0) is 11.0. The fraction of sp³-hybridized carbons (Fsp3) is 0.500. The Balaban J connectivity index is 2.57. The van der Waals surface area contributed by atoms with Crippen molar-refractivity contribution in [1.82, 2.24) is 0 Å². The molecule has 0 bridgehead atoms. The third kappa shape index (κ3) is 1.57. The van der Waals surface area contributed by atoms with Crippen LogP contribution in [0.4, 0.5) is 0 Å². The number of fused-ring (bicyclic) bond motifs is 1. The van der Waals surface area contributed by atoms with Crippen molar-refractivity contribution in [1.29, 1.82) is 0 Å². The highest BCUT2D eigenvalue weighted by molar-refractivity contribution is 5.57. The van der Waals surface area contributed by atoms with Crippen LogP contribution in [0.2, 0.25) is 0 Å². The highest BCUT2D eigenvalue weighted by Crippen LogP contribution is 2.42. The third-order valence-electron chi connectivity index (χ3n) is 3.06. The Morgan fingerprint density at radius 1 is 1.33 bits per heavy atom. The molecule has 1 atom stereocenters. The van der Waals surface area contributed by atoms with E-state index in [0.29, 0.717) is 19.3 Å². The standard InChI is InChI=1S/C12H17NO2/c1-7-4-10(8(2)5-13)12-11(9(7)3)14-6-15-12/h4,8H,5-6,13H2,1-3H3. The van der Waals surface area contributed by atoms with Crippen molar-refractivity contribution >= 4 is 0 Å². The maximum absolute atomic E-state index is 5.69. The van der Waals surface area contributed by atoms with Gasteiger partial charge >= 0.3 is 0 Å². The predicted octanol–water partition coefficient (Wildman–Crippen LogP) is 2.09. The van der Waals surface area contributed by atoms with Crippen molar-refractivity contribution in [3.63, 3.8) is 0 Å². The molecular formula is C12H17NO2. The lowest BCUT2D eigenvalue weighted by Crippen LogP contribution is -2.10. The van der Waals surface area contributed by atoms with Crippen LogP contribution >= 0.6 is 0 Å². The van der Waals surface area contributed by atoms with E-state index in [9.17, 15) is 0 Å². The van der Waals surface area contributed by atoms with E-state index in [-0.39, 0.29) is 0 Å². The molecule has 1 aromatic carbocycles. The molecule has 0 saturated heterocycles. The first-order chi connectivity index (χ1) is 7.15. The quantitative estimate of drug-likeness (QED) is 0.807. The van der Waals surface area contributed by atoms with Gasteiger partial charge in [-0.15, -0.1) is 0 Å². The largest absolute Gasteiger partial charge is 0.453 e. The topological polar surface area (TPSA) is 44.5 Å². The van der Waals surface area contributed by atoms with E-state index in [1.165, 1.54) is 5.56 Å². The molecule has 1 unspecified atom stereocenters. The minimum Gasteiger partial charge on any atom is -0.453 e. The SMILES string of the molecule is Cc1cc(C(C)CN)c2c(c1C)OCO2. The summed E-state index contributed by atoms with van der Waals surface area (Å²) in [4.78, 5) is 0. The lowest BCUT2D eigenvalue weighted by atomic mass is 9.95. The van der Waals surface area contributed by atoms with Crippen LogP contribution in [0.1, 0.15) is 29.5 Å². The van der Waals surface area contributed by atoms with Gasteiger partial charge in [-0.2, -0.15) is 0 Å². The van der Waals surface area contributed by atoms with E-state index < -0.39 is 0 Å². The average Bonchev–Trinajstić information content (AvgIpc) is 2.71. The van der Waals surface area contributed by atoms with Gasteiger partial charge in [-0.3, -0.25) is 0 Å². The summed E-state index contributed by atoms with van der Waals surface area (Å²) in [5, 5.41) is 0. The monoisotopic (exact) mass is 207 g/mol. The Kier molecular flexibility index (Phi) is 2.57. The molecule has 0 amide bonds. The zero-order valence-corrected chi connectivity index (χ0v) is 9.46. The molecule has 1 aromatic rings. The first-order valence-corrected chi connectivity index (χ1v) is 5.25. The van der Waals surface area contributed by atoms with Crippen LogP contribution in [0.25, 0.3) is 0 Å². The number of rotatable bonds is 2. The summed E-state index contributed by atoms with van der Waals surface area (Å²) in [6.07, 6.45) is 0. The Hall–Kier alpha value is -1.22. The third-order valence-corrected chi connectivity index (χ3v) is 3.06. The number of aryl methyl sites for hydroxylation is 1. The number of hydrogen-bond acceptors (Lipinski definition) is 3. The van der Waals surface area contributed by atoms with E-state index in [1.54, 1.807) is 0 Å². The average molecular weight is 207 g/mol. The fourth-order valence-corrected chi connectivity index (χ4v) is 1.85. The normalized spacial score (nSPS) is 15.5. The summed E-state index contributed by atoms with van der Waals surface area (Å²) in [6.45, 7) is 7.19. The molecule has 0 spiro atoms. The number of hydrogen-bond donors (Lipinski definition) is 1. The Labute approximate surface area is 90.2 Å².